The molecule has 6 heteroatoms. The number of pyridine rings is 1. The number of nitrogens with zero attached hydrogens (tertiary/aromatic N) is 2. The predicted molar refractivity (Wildman–Crippen MR) is 84.5 cm³/mol. The highest BCUT2D eigenvalue weighted by Crippen LogP contribution is 2.17. The van der Waals surface area contributed by atoms with Crippen LogP contribution in [0.25, 0.3) is 0 Å². The number of ether oxygens (including phenoxy) is 2. The minimum atomic E-state index is -0.284. The van der Waals surface area contributed by atoms with Crippen LogP contribution in [0.15, 0.2) is 24.5 Å². The van der Waals surface area contributed by atoms with Gasteiger partial charge >= 0.3 is 5.97 Å². The van der Waals surface area contributed by atoms with Crippen molar-refractivity contribution in [2.45, 2.75) is 45.3 Å². The number of aromatic nitrogens is 1. The SMILES string of the molecule is CCOC(=O)CCN(Cc1cccnc1)C(=O)C[C@@H]1CCCO1. The lowest BCUT2D eigenvalue weighted by Crippen LogP contribution is -2.35. The Kier molecular flexibility index (Phi) is 7.00. The van der Waals surface area contributed by atoms with Gasteiger partial charge in [-0.15, -0.1) is 0 Å². The number of esters is 1. The summed E-state index contributed by atoms with van der Waals surface area (Å²) in [5, 5.41) is 0. The molecule has 6 nitrogen and oxygen atoms in total. The van der Waals surface area contributed by atoms with E-state index >= 15 is 0 Å². The monoisotopic (exact) mass is 320 g/mol. The van der Waals surface area contributed by atoms with Crippen molar-refractivity contribution in [3.8, 4) is 0 Å². The van der Waals surface area contributed by atoms with Gasteiger partial charge in [0.05, 0.1) is 25.6 Å². The largest absolute Gasteiger partial charge is 0.466 e. The lowest BCUT2D eigenvalue weighted by atomic mass is 10.1. The molecule has 2 heterocycles. The molecule has 0 aliphatic carbocycles. The van der Waals surface area contributed by atoms with Gasteiger partial charge in [-0.25, -0.2) is 0 Å². The van der Waals surface area contributed by atoms with Gasteiger partial charge in [0.15, 0.2) is 0 Å². The van der Waals surface area contributed by atoms with Crippen molar-refractivity contribution in [2.24, 2.45) is 0 Å². The van der Waals surface area contributed by atoms with Crippen molar-refractivity contribution < 1.29 is 19.1 Å². The second kappa shape index (κ2) is 9.25. The van der Waals surface area contributed by atoms with Crippen molar-refractivity contribution in [1.29, 1.82) is 0 Å². The average Bonchev–Trinajstić information content (AvgIpc) is 3.05. The van der Waals surface area contributed by atoms with E-state index in [1.165, 1.54) is 0 Å². The van der Waals surface area contributed by atoms with E-state index in [4.69, 9.17) is 9.47 Å². The van der Waals surface area contributed by atoms with Gasteiger partial charge in [-0.3, -0.25) is 14.6 Å². The van der Waals surface area contributed by atoms with E-state index in [-0.39, 0.29) is 24.4 Å². The van der Waals surface area contributed by atoms with Crippen LogP contribution in [0.2, 0.25) is 0 Å². The number of rotatable bonds is 8. The summed E-state index contributed by atoms with van der Waals surface area (Å²) in [4.78, 5) is 29.9. The Hall–Kier alpha value is -1.95. The van der Waals surface area contributed by atoms with Gasteiger partial charge in [-0.2, -0.15) is 0 Å². The number of carbonyl (C=O) groups is 2. The topological polar surface area (TPSA) is 68.7 Å². The third kappa shape index (κ3) is 5.98. The Labute approximate surface area is 136 Å². The second-order valence-electron chi connectivity index (χ2n) is 5.57. The van der Waals surface area contributed by atoms with Crippen molar-refractivity contribution >= 4 is 11.9 Å². The number of carbonyl (C=O) groups excluding carboxylic acids is 2. The maximum absolute atomic E-state index is 12.5. The van der Waals surface area contributed by atoms with Crippen LogP contribution in [0.1, 0.15) is 38.2 Å². The van der Waals surface area contributed by atoms with E-state index in [2.05, 4.69) is 4.98 Å². The molecule has 0 radical (unpaired) electrons. The quantitative estimate of drug-likeness (QED) is 0.685. The van der Waals surface area contributed by atoms with Crippen LogP contribution >= 0.6 is 0 Å². The highest BCUT2D eigenvalue weighted by molar-refractivity contribution is 5.77. The summed E-state index contributed by atoms with van der Waals surface area (Å²) in [6, 6.07) is 3.76. The number of hydrogen-bond acceptors (Lipinski definition) is 5. The molecule has 1 atom stereocenters. The zero-order valence-corrected chi connectivity index (χ0v) is 13.6. The van der Waals surface area contributed by atoms with Crippen LogP contribution in [-0.2, 0) is 25.6 Å². The highest BCUT2D eigenvalue weighted by atomic mass is 16.5. The molecule has 2 rings (SSSR count). The Morgan fingerprint density at radius 2 is 2.35 bits per heavy atom. The van der Waals surface area contributed by atoms with Gasteiger partial charge in [-0.1, -0.05) is 6.07 Å². The molecule has 1 aromatic heterocycles. The van der Waals surface area contributed by atoms with E-state index in [1.807, 2.05) is 12.1 Å². The third-order valence-electron chi connectivity index (χ3n) is 3.77. The first-order valence-corrected chi connectivity index (χ1v) is 8.13. The van der Waals surface area contributed by atoms with Crippen molar-refractivity contribution in [3.63, 3.8) is 0 Å². The lowest BCUT2D eigenvalue weighted by Gasteiger charge is -2.23. The van der Waals surface area contributed by atoms with Gasteiger partial charge in [-0.05, 0) is 31.4 Å². The summed E-state index contributed by atoms with van der Waals surface area (Å²) in [6.07, 6.45) is 5.92. The van der Waals surface area contributed by atoms with Crippen LogP contribution in [0.3, 0.4) is 0 Å². The number of amides is 1. The predicted octanol–water partition coefficient (Wildman–Crippen LogP) is 1.93. The van der Waals surface area contributed by atoms with E-state index in [0.29, 0.717) is 26.1 Å². The molecule has 1 aliphatic rings. The minimum Gasteiger partial charge on any atom is -0.466 e. The smallest absolute Gasteiger partial charge is 0.307 e. The molecule has 1 fully saturated rings. The van der Waals surface area contributed by atoms with Crippen LogP contribution in [-0.4, -0.2) is 47.6 Å². The van der Waals surface area contributed by atoms with Crippen LogP contribution in [0.4, 0.5) is 0 Å². The van der Waals surface area contributed by atoms with Gasteiger partial charge in [0.2, 0.25) is 5.91 Å². The molecule has 0 aromatic carbocycles. The maximum Gasteiger partial charge on any atom is 0.307 e. The first-order valence-electron chi connectivity index (χ1n) is 8.13. The first-order chi connectivity index (χ1) is 11.2. The summed E-state index contributed by atoms with van der Waals surface area (Å²) < 4.78 is 10.5. The summed E-state index contributed by atoms with van der Waals surface area (Å²) in [7, 11) is 0. The van der Waals surface area contributed by atoms with Crippen LogP contribution in [0.5, 0.6) is 0 Å². The Morgan fingerprint density at radius 1 is 1.48 bits per heavy atom. The highest BCUT2D eigenvalue weighted by Gasteiger charge is 2.23. The zero-order chi connectivity index (χ0) is 16.5. The molecule has 1 saturated heterocycles. The molecule has 1 aromatic rings. The van der Waals surface area contributed by atoms with Gasteiger partial charge < -0.3 is 14.4 Å². The normalized spacial score (nSPS) is 17.0. The van der Waals surface area contributed by atoms with Crippen molar-refractivity contribution in [2.75, 3.05) is 19.8 Å². The molecule has 0 bridgehead atoms. The third-order valence-corrected chi connectivity index (χ3v) is 3.77. The molecule has 0 N–H and O–H groups in total. The second-order valence-corrected chi connectivity index (χ2v) is 5.57. The maximum atomic E-state index is 12.5. The standard InChI is InChI=1S/C17H24N2O4/c1-2-22-17(21)7-9-19(13-14-5-3-8-18-12-14)16(20)11-15-6-4-10-23-15/h3,5,8,12,15H,2,4,6-7,9-11,13H2,1H3/t15-/m0/s1. The molecule has 126 valence electrons. The lowest BCUT2D eigenvalue weighted by molar-refractivity contribution is -0.144. The molecular formula is C17H24N2O4. The summed E-state index contributed by atoms with van der Waals surface area (Å²) >= 11 is 0. The molecule has 1 aliphatic heterocycles. The van der Waals surface area contributed by atoms with E-state index in [9.17, 15) is 9.59 Å². The molecule has 0 spiro atoms. The average molecular weight is 320 g/mol. The van der Waals surface area contributed by atoms with E-state index in [0.717, 1.165) is 25.0 Å². The molecular weight excluding hydrogens is 296 g/mol. The molecule has 0 saturated carbocycles. The first kappa shape index (κ1) is 17.4. The Morgan fingerprint density at radius 3 is 3.00 bits per heavy atom. The fourth-order valence-corrected chi connectivity index (χ4v) is 2.59. The number of hydrogen-bond donors (Lipinski definition) is 0. The summed E-state index contributed by atoms with van der Waals surface area (Å²) in [5.41, 5.74) is 0.942. The Bertz CT molecular complexity index is 501. The van der Waals surface area contributed by atoms with Crippen molar-refractivity contribution in [1.82, 2.24) is 9.88 Å². The molecule has 1 amide bonds. The van der Waals surface area contributed by atoms with E-state index in [1.54, 1.807) is 24.2 Å². The van der Waals surface area contributed by atoms with Gasteiger partial charge in [0.1, 0.15) is 0 Å². The van der Waals surface area contributed by atoms with Gasteiger partial charge in [0, 0.05) is 32.1 Å². The molecule has 23 heavy (non-hydrogen) atoms. The Balaban J connectivity index is 1.94. The molecule has 0 unspecified atom stereocenters. The van der Waals surface area contributed by atoms with Gasteiger partial charge in [0.25, 0.3) is 0 Å². The minimum absolute atomic E-state index is 0.00138. The summed E-state index contributed by atoms with van der Waals surface area (Å²) in [5.74, 6) is -0.279. The van der Waals surface area contributed by atoms with Crippen LogP contribution in [0, 0.1) is 0 Å². The fraction of sp³-hybridized carbons (Fsp3) is 0.588. The van der Waals surface area contributed by atoms with Crippen LogP contribution < -0.4 is 0 Å². The zero-order valence-electron chi connectivity index (χ0n) is 13.6. The fourth-order valence-electron chi connectivity index (χ4n) is 2.59. The van der Waals surface area contributed by atoms with E-state index < -0.39 is 0 Å². The van der Waals surface area contributed by atoms with Crippen molar-refractivity contribution in [3.05, 3.63) is 30.1 Å². The summed E-state index contributed by atoms with van der Waals surface area (Å²) in [6.45, 7) is 3.64.